The van der Waals surface area contributed by atoms with E-state index in [9.17, 15) is 13.7 Å². The normalized spacial score (nSPS) is 14.4. The van der Waals surface area contributed by atoms with E-state index in [0.717, 1.165) is 32.1 Å². The zero-order valence-electron chi connectivity index (χ0n) is 12.2. The van der Waals surface area contributed by atoms with Crippen molar-refractivity contribution in [2.24, 2.45) is 5.92 Å². The molecule has 0 saturated heterocycles. The van der Waals surface area contributed by atoms with E-state index in [1.165, 1.54) is 0 Å². The first-order chi connectivity index (χ1) is 9.54. The number of sulfone groups is 1. The van der Waals surface area contributed by atoms with Crippen molar-refractivity contribution in [3.05, 3.63) is 30.3 Å². The predicted molar refractivity (Wildman–Crippen MR) is 81.0 cm³/mol. The van der Waals surface area contributed by atoms with Crippen LogP contribution in [0, 0.1) is 17.2 Å². The Morgan fingerprint density at radius 3 is 2.35 bits per heavy atom. The van der Waals surface area contributed by atoms with Gasteiger partial charge in [-0.2, -0.15) is 5.26 Å². The van der Waals surface area contributed by atoms with Crippen LogP contribution in [-0.2, 0) is 9.84 Å². The number of benzene rings is 1. The molecule has 0 aliphatic carbocycles. The van der Waals surface area contributed by atoms with Gasteiger partial charge in [-0.15, -0.1) is 0 Å². The van der Waals surface area contributed by atoms with E-state index < -0.39 is 15.1 Å². The molecule has 4 heteroatoms. The third-order valence-electron chi connectivity index (χ3n) is 3.56. The van der Waals surface area contributed by atoms with Gasteiger partial charge in [-0.3, -0.25) is 0 Å². The molecule has 0 fully saturated rings. The third-order valence-corrected chi connectivity index (χ3v) is 5.73. The maximum absolute atomic E-state index is 12.5. The highest BCUT2D eigenvalue weighted by Gasteiger charge is 2.31. The van der Waals surface area contributed by atoms with Crippen molar-refractivity contribution >= 4 is 9.84 Å². The number of nitrogens with zero attached hydrogens (tertiary/aromatic N) is 1. The quantitative estimate of drug-likeness (QED) is 0.682. The lowest BCUT2D eigenvalue weighted by molar-refractivity contribution is 0.484. The van der Waals surface area contributed by atoms with Crippen molar-refractivity contribution in [1.82, 2.24) is 0 Å². The lowest BCUT2D eigenvalue weighted by Gasteiger charge is -2.18. The zero-order valence-corrected chi connectivity index (χ0v) is 13.1. The molecule has 1 aromatic rings. The van der Waals surface area contributed by atoms with Crippen LogP contribution in [0.15, 0.2) is 35.2 Å². The summed E-state index contributed by atoms with van der Waals surface area (Å²) in [5, 5.41) is 8.31. The van der Waals surface area contributed by atoms with Gasteiger partial charge in [-0.1, -0.05) is 57.7 Å². The van der Waals surface area contributed by atoms with E-state index in [-0.39, 0.29) is 10.8 Å². The van der Waals surface area contributed by atoms with E-state index in [4.69, 9.17) is 0 Å². The lowest BCUT2D eigenvalue weighted by atomic mass is 10.00. The molecule has 0 heterocycles. The highest BCUT2D eigenvalue weighted by molar-refractivity contribution is 7.92. The summed E-state index contributed by atoms with van der Waals surface area (Å²) in [7, 11) is -3.55. The predicted octanol–water partition coefficient (Wildman–Crippen LogP) is 3.96. The van der Waals surface area contributed by atoms with E-state index in [2.05, 4.69) is 6.92 Å². The fourth-order valence-electron chi connectivity index (χ4n) is 2.30. The molecule has 0 N–H and O–H groups in total. The number of hydrogen-bond donors (Lipinski definition) is 0. The second-order valence-corrected chi connectivity index (χ2v) is 7.30. The second-order valence-electron chi connectivity index (χ2n) is 5.23. The summed E-state index contributed by atoms with van der Waals surface area (Å²) in [6, 6.07) is 10.3. The molecule has 0 saturated carbocycles. The molecular weight excluding hydrogens is 270 g/mol. The minimum Gasteiger partial charge on any atom is -0.222 e. The molecular formula is C16H23NO2S. The third kappa shape index (κ3) is 4.35. The van der Waals surface area contributed by atoms with Gasteiger partial charge < -0.3 is 0 Å². The van der Waals surface area contributed by atoms with Gasteiger partial charge in [0.25, 0.3) is 0 Å². The SMILES string of the molecule is CCCCCCC(C)C(C#N)S(=O)(=O)c1ccccc1. The second kappa shape index (κ2) is 8.06. The van der Waals surface area contributed by atoms with E-state index in [1.54, 1.807) is 30.3 Å². The molecule has 1 aromatic carbocycles. The number of unbranched alkanes of at least 4 members (excludes halogenated alkanes) is 3. The van der Waals surface area contributed by atoms with Crippen molar-refractivity contribution in [2.45, 2.75) is 56.1 Å². The Labute approximate surface area is 122 Å². The Bertz CT molecular complexity index is 531. The summed E-state index contributed by atoms with van der Waals surface area (Å²) >= 11 is 0. The van der Waals surface area contributed by atoms with Crippen LogP contribution < -0.4 is 0 Å². The van der Waals surface area contributed by atoms with Gasteiger partial charge in [0.2, 0.25) is 0 Å². The monoisotopic (exact) mass is 293 g/mol. The van der Waals surface area contributed by atoms with Crippen LogP contribution in [0.2, 0.25) is 0 Å². The van der Waals surface area contributed by atoms with Crippen LogP contribution in [0.25, 0.3) is 0 Å². The van der Waals surface area contributed by atoms with Gasteiger partial charge in [0.15, 0.2) is 15.1 Å². The Balaban J connectivity index is 2.77. The summed E-state index contributed by atoms with van der Waals surface area (Å²) in [6.45, 7) is 4.00. The maximum Gasteiger partial charge on any atom is 0.194 e. The van der Waals surface area contributed by atoms with Crippen LogP contribution in [0.3, 0.4) is 0 Å². The maximum atomic E-state index is 12.5. The van der Waals surface area contributed by atoms with Crippen LogP contribution in [-0.4, -0.2) is 13.7 Å². The van der Waals surface area contributed by atoms with Crippen LogP contribution in [0.4, 0.5) is 0 Å². The van der Waals surface area contributed by atoms with Crippen LogP contribution >= 0.6 is 0 Å². The molecule has 0 bridgehead atoms. The Kier molecular flexibility index (Phi) is 6.74. The minimum absolute atomic E-state index is 0.137. The first-order valence-corrected chi connectivity index (χ1v) is 8.77. The lowest BCUT2D eigenvalue weighted by Crippen LogP contribution is -2.27. The van der Waals surface area contributed by atoms with Gasteiger partial charge in [0.1, 0.15) is 0 Å². The Hall–Kier alpha value is -1.34. The van der Waals surface area contributed by atoms with E-state index >= 15 is 0 Å². The standard InChI is InChI=1S/C16H23NO2S/c1-3-4-5-7-10-14(2)16(13-17)20(18,19)15-11-8-6-9-12-15/h6,8-9,11-12,14,16H,3-5,7,10H2,1-2H3. The first kappa shape index (κ1) is 16.7. The molecule has 3 nitrogen and oxygen atoms in total. The fourth-order valence-corrected chi connectivity index (χ4v) is 4.02. The molecule has 0 spiro atoms. The molecule has 2 atom stereocenters. The van der Waals surface area contributed by atoms with Gasteiger partial charge in [0.05, 0.1) is 11.0 Å². The van der Waals surface area contributed by atoms with Crippen molar-refractivity contribution in [2.75, 3.05) is 0 Å². The Morgan fingerprint density at radius 1 is 1.15 bits per heavy atom. The molecule has 2 unspecified atom stereocenters. The molecule has 0 amide bonds. The van der Waals surface area contributed by atoms with Gasteiger partial charge in [0, 0.05) is 0 Å². The topological polar surface area (TPSA) is 57.9 Å². The summed E-state index contributed by atoms with van der Waals surface area (Å²) in [5.74, 6) is -0.137. The molecule has 110 valence electrons. The highest BCUT2D eigenvalue weighted by Crippen LogP contribution is 2.24. The molecule has 1 rings (SSSR count). The van der Waals surface area contributed by atoms with Gasteiger partial charge in [-0.25, -0.2) is 8.42 Å². The molecule has 0 aliphatic heterocycles. The van der Waals surface area contributed by atoms with Crippen molar-refractivity contribution in [3.63, 3.8) is 0 Å². The number of nitriles is 1. The van der Waals surface area contributed by atoms with Crippen molar-refractivity contribution in [3.8, 4) is 6.07 Å². The molecule has 0 aromatic heterocycles. The van der Waals surface area contributed by atoms with Crippen LogP contribution in [0.5, 0.6) is 0 Å². The molecule has 0 aliphatic rings. The fraction of sp³-hybridized carbons (Fsp3) is 0.562. The van der Waals surface area contributed by atoms with Crippen molar-refractivity contribution < 1.29 is 8.42 Å². The molecule has 0 radical (unpaired) electrons. The summed E-state index contributed by atoms with van der Waals surface area (Å²) < 4.78 is 24.9. The van der Waals surface area contributed by atoms with E-state index in [0.29, 0.717) is 0 Å². The first-order valence-electron chi connectivity index (χ1n) is 7.22. The minimum atomic E-state index is -3.55. The largest absolute Gasteiger partial charge is 0.222 e. The van der Waals surface area contributed by atoms with E-state index in [1.807, 2.05) is 13.0 Å². The summed E-state index contributed by atoms with van der Waals surface area (Å²) in [5.41, 5.74) is 0. The van der Waals surface area contributed by atoms with Crippen molar-refractivity contribution in [1.29, 1.82) is 5.26 Å². The van der Waals surface area contributed by atoms with Crippen LogP contribution in [0.1, 0.15) is 46.0 Å². The summed E-state index contributed by atoms with van der Waals surface area (Å²) in [4.78, 5) is 0.243. The number of rotatable bonds is 8. The Morgan fingerprint density at radius 2 is 1.80 bits per heavy atom. The smallest absolute Gasteiger partial charge is 0.194 e. The average molecular weight is 293 g/mol. The van der Waals surface area contributed by atoms with Gasteiger partial charge >= 0.3 is 0 Å². The van der Waals surface area contributed by atoms with Gasteiger partial charge in [-0.05, 0) is 24.5 Å². The number of hydrogen-bond acceptors (Lipinski definition) is 3. The molecule has 20 heavy (non-hydrogen) atoms. The zero-order chi connectivity index (χ0) is 15.0. The highest BCUT2D eigenvalue weighted by atomic mass is 32.2. The summed E-state index contributed by atoms with van der Waals surface area (Å²) in [6.07, 6.45) is 5.18. The average Bonchev–Trinajstić information content (AvgIpc) is 2.45.